The van der Waals surface area contributed by atoms with E-state index in [2.05, 4.69) is 16.0 Å². The standard InChI is InChI=1S/C17H27N3O4/c1-5-12(2)18-16(21)13(3)19-17(22)20-14-7-6-8-15(11-14)24-10-9-23-4/h6-8,11-13H,5,9-10H2,1-4H3,(H,18,21)(H2,19,20,22). The number of hydrogen-bond donors (Lipinski definition) is 3. The third kappa shape index (κ3) is 7.32. The van der Waals surface area contributed by atoms with Crippen LogP contribution in [0.25, 0.3) is 0 Å². The van der Waals surface area contributed by atoms with Crippen molar-refractivity contribution < 1.29 is 19.1 Å². The van der Waals surface area contributed by atoms with Crippen LogP contribution in [0.5, 0.6) is 5.75 Å². The molecule has 0 fully saturated rings. The molecule has 7 nitrogen and oxygen atoms in total. The molecule has 0 aliphatic carbocycles. The molecule has 134 valence electrons. The minimum absolute atomic E-state index is 0.0748. The van der Waals surface area contributed by atoms with E-state index in [1.54, 1.807) is 38.3 Å². The SMILES string of the molecule is CCC(C)NC(=O)C(C)NC(=O)Nc1cccc(OCCOC)c1. The van der Waals surface area contributed by atoms with Crippen LogP contribution in [0, 0.1) is 0 Å². The van der Waals surface area contributed by atoms with Gasteiger partial charge in [-0.2, -0.15) is 0 Å². The summed E-state index contributed by atoms with van der Waals surface area (Å²) in [6, 6.07) is 6.02. The summed E-state index contributed by atoms with van der Waals surface area (Å²) in [7, 11) is 1.60. The highest BCUT2D eigenvalue weighted by Gasteiger charge is 2.16. The molecule has 0 saturated carbocycles. The first kappa shape index (κ1) is 19.8. The molecular weight excluding hydrogens is 310 g/mol. The van der Waals surface area contributed by atoms with Gasteiger partial charge in [0.25, 0.3) is 0 Å². The molecule has 0 aliphatic heterocycles. The minimum Gasteiger partial charge on any atom is -0.491 e. The third-order valence-electron chi connectivity index (χ3n) is 3.39. The number of urea groups is 1. The van der Waals surface area contributed by atoms with Gasteiger partial charge in [0.2, 0.25) is 5.91 Å². The van der Waals surface area contributed by atoms with Gasteiger partial charge in [-0.3, -0.25) is 4.79 Å². The number of carbonyl (C=O) groups excluding carboxylic acids is 2. The molecule has 0 saturated heterocycles. The molecule has 1 aromatic rings. The molecule has 0 aromatic heterocycles. The zero-order valence-corrected chi connectivity index (χ0v) is 14.7. The van der Waals surface area contributed by atoms with E-state index >= 15 is 0 Å². The predicted octanol–water partition coefficient (Wildman–Crippen LogP) is 2.14. The molecule has 3 N–H and O–H groups in total. The number of ether oxygens (including phenoxy) is 2. The molecule has 0 heterocycles. The van der Waals surface area contributed by atoms with Crippen LogP contribution in [0.3, 0.4) is 0 Å². The van der Waals surface area contributed by atoms with Gasteiger partial charge in [-0.1, -0.05) is 13.0 Å². The number of benzene rings is 1. The average Bonchev–Trinajstić information content (AvgIpc) is 2.55. The number of amides is 3. The topological polar surface area (TPSA) is 88.7 Å². The summed E-state index contributed by atoms with van der Waals surface area (Å²) in [5.74, 6) is 0.420. The highest BCUT2D eigenvalue weighted by Crippen LogP contribution is 2.17. The molecule has 2 atom stereocenters. The van der Waals surface area contributed by atoms with Gasteiger partial charge in [0.15, 0.2) is 0 Å². The molecule has 2 unspecified atom stereocenters. The van der Waals surface area contributed by atoms with Gasteiger partial charge in [0, 0.05) is 24.9 Å². The van der Waals surface area contributed by atoms with Crippen LogP contribution in [0.1, 0.15) is 27.2 Å². The predicted molar refractivity (Wildman–Crippen MR) is 93.3 cm³/mol. The summed E-state index contributed by atoms with van der Waals surface area (Å²) in [6.07, 6.45) is 0.834. The Bertz CT molecular complexity index is 536. The van der Waals surface area contributed by atoms with Crippen molar-refractivity contribution in [2.75, 3.05) is 25.6 Å². The van der Waals surface area contributed by atoms with Gasteiger partial charge < -0.3 is 25.4 Å². The Balaban J connectivity index is 2.49. The molecule has 0 radical (unpaired) electrons. The van der Waals surface area contributed by atoms with Crippen molar-refractivity contribution in [3.8, 4) is 5.75 Å². The van der Waals surface area contributed by atoms with Gasteiger partial charge in [-0.25, -0.2) is 4.79 Å². The Morgan fingerprint density at radius 3 is 2.58 bits per heavy atom. The maximum atomic E-state index is 12.0. The monoisotopic (exact) mass is 337 g/mol. The molecule has 0 aliphatic rings. The van der Waals surface area contributed by atoms with Crippen LogP contribution in [0.4, 0.5) is 10.5 Å². The largest absolute Gasteiger partial charge is 0.491 e. The van der Waals surface area contributed by atoms with Gasteiger partial charge in [0.1, 0.15) is 18.4 Å². The smallest absolute Gasteiger partial charge is 0.319 e. The highest BCUT2D eigenvalue weighted by molar-refractivity contribution is 5.93. The van der Waals surface area contributed by atoms with Crippen LogP contribution in [-0.2, 0) is 9.53 Å². The van der Waals surface area contributed by atoms with Gasteiger partial charge in [0.05, 0.1) is 6.61 Å². The second-order valence-corrected chi connectivity index (χ2v) is 5.51. The van der Waals surface area contributed by atoms with Gasteiger partial charge >= 0.3 is 6.03 Å². The lowest BCUT2D eigenvalue weighted by molar-refractivity contribution is -0.123. The van der Waals surface area contributed by atoms with E-state index in [1.165, 1.54) is 0 Å². The summed E-state index contributed by atoms with van der Waals surface area (Å²) in [5, 5.41) is 8.11. The quantitative estimate of drug-likeness (QED) is 0.602. The molecule has 7 heteroatoms. The molecule has 0 bridgehead atoms. The Morgan fingerprint density at radius 1 is 1.17 bits per heavy atom. The fraction of sp³-hybridized carbons (Fsp3) is 0.529. The van der Waals surface area contributed by atoms with Crippen molar-refractivity contribution in [3.05, 3.63) is 24.3 Å². The fourth-order valence-electron chi connectivity index (χ4n) is 1.81. The van der Waals surface area contributed by atoms with Crippen LogP contribution < -0.4 is 20.7 Å². The van der Waals surface area contributed by atoms with E-state index in [9.17, 15) is 9.59 Å². The maximum Gasteiger partial charge on any atom is 0.319 e. The van der Waals surface area contributed by atoms with E-state index < -0.39 is 12.1 Å². The number of nitrogens with one attached hydrogen (secondary N) is 3. The fourth-order valence-corrected chi connectivity index (χ4v) is 1.81. The third-order valence-corrected chi connectivity index (χ3v) is 3.39. The van der Waals surface area contributed by atoms with Crippen molar-refractivity contribution in [1.82, 2.24) is 10.6 Å². The van der Waals surface area contributed by atoms with E-state index in [0.29, 0.717) is 24.7 Å². The Kier molecular flexibility index (Phi) is 8.64. The lowest BCUT2D eigenvalue weighted by atomic mass is 10.2. The number of carbonyl (C=O) groups is 2. The average molecular weight is 337 g/mol. The molecule has 0 spiro atoms. The maximum absolute atomic E-state index is 12.0. The second-order valence-electron chi connectivity index (χ2n) is 5.51. The van der Waals surface area contributed by atoms with E-state index in [0.717, 1.165) is 6.42 Å². The van der Waals surface area contributed by atoms with E-state index in [4.69, 9.17) is 9.47 Å². The van der Waals surface area contributed by atoms with Gasteiger partial charge in [-0.05, 0) is 32.4 Å². The van der Waals surface area contributed by atoms with Crippen molar-refractivity contribution in [2.24, 2.45) is 0 Å². The van der Waals surface area contributed by atoms with Crippen LogP contribution >= 0.6 is 0 Å². The first-order valence-corrected chi connectivity index (χ1v) is 8.06. The molecule has 1 rings (SSSR count). The zero-order chi connectivity index (χ0) is 17.9. The highest BCUT2D eigenvalue weighted by atomic mass is 16.5. The second kappa shape index (κ2) is 10.5. The minimum atomic E-state index is -0.625. The summed E-state index contributed by atoms with van der Waals surface area (Å²) >= 11 is 0. The number of rotatable bonds is 9. The molecule has 1 aromatic carbocycles. The lowest BCUT2D eigenvalue weighted by Crippen LogP contribution is -2.48. The number of anilines is 1. The first-order valence-electron chi connectivity index (χ1n) is 8.06. The summed E-state index contributed by atoms with van der Waals surface area (Å²) in [5.41, 5.74) is 0.581. The van der Waals surface area contributed by atoms with E-state index in [-0.39, 0.29) is 11.9 Å². The first-order chi connectivity index (χ1) is 11.5. The lowest BCUT2D eigenvalue weighted by Gasteiger charge is -2.18. The van der Waals surface area contributed by atoms with Gasteiger partial charge in [-0.15, -0.1) is 0 Å². The molecule has 24 heavy (non-hydrogen) atoms. The van der Waals surface area contributed by atoms with Crippen molar-refractivity contribution in [3.63, 3.8) is 0 Å². The zero-order valence-electron chi connectivity index (χ0n) is 14.7. The number of methoxy groups -OCH3 is 1. The summed E-state index contributed by atoms with van der Waals surface area (Å²) < 4.78 is 10.4. The summed E-state index contributed by atoms with van der Waals surface area (Å²) in [6.45, 7) is 6.46. The molecular formula is C17H27N3O4. The van der Waals surface area contributed by atoms with Crippen LogP contribution in [0.15, 0.2) is 24.3 Å². The van der Waals surface area contributed by atoms with Crippen molar-refractivity contribution in [1.29, 1.82) is 0 Å². The Labute approximate surface area is 143 Å². The van der Waals surface area contributed by atoms with Crippen LogP contribution in [-0.4, -0.2) is 44.3 Å². The normalized spacial score (nSPS) is 12.8. The van der Waals surface area contributed by atoms with E-state index in [1.807, 2.05) is 13.8 Å². The Morgan fingerprint density at radius 2 is 1.92 bits per heavy atom. The van der Waals surface area contributed by atoms with Crippen molar-refractivity contribution >= 4 is 17.6 Å². The number of hydrogen-bond acceptors (Lipinski definition) is 4. The van der Waals surface area contributed by atoms with Crippen LogP contribution in [0.2, 0.25) is 0 Å². The summed E-state index contributed by atoms with van der Waals surface area (Å²) in [4.78, 5) is 23.9. The van der Waals surface area contributed by atoms with Crippen molar-refractivity contribution in [2.45, 2.75) is 39.3 Å². The Hall–Kier alpha value is -2.28. The molecule has 3 amide bonds.